The highest BCUT2D eigenvalue weighted by atomic mass is 15.2. The smallest absolute Gasteiger partial charge is 0.161 e. The van der Waals surface area contributed by atoms with Crippen LogP contribution in [0.2, 0.25) is 0 Å². The molecule has 3 N–H and O–H groups in total. The molecule has 3 aromatic carbocycles. The molecule has 0 bridgehead atoms. The van der Waals surface area contributed by atoms with Gasteiger partial charge < -0.3 is 16.0 Å². The van der Waals surface area contributed by atoms with E-state index in [2.05, 4.69) is 89.5 Å². The maximum absolute atomic E-state index is 6.54. The highest BCUT2D eigenvalue weighted by Gasteiger charge is 2.18. The van der Waals surface area contributed by atoms with Crippen LogP contribution in [0.5, 0.6) is 0 Å². The van der Waals surface area contributed by atoms with Crippen molar-refractivity contribution < 1.29 is 0 Å². The van der Waals surface area contributed by atoms with Crippen LogP contribution in [0.3, 0.4) is 0 Å². The van der Waals surface area contributed by atoms with Gasteiger partial charge in [0.15, 0.2) is 11.6 Å². The lowest BCUT2D eigenvalue weighted by molar-refractivity contribution is 0.985. The van der Waals surface area contributed by atoms with Gasteiger partial charge in [-0.25, -0.2) is 9.97 Å². The fraction of sp³-hybridized carbons (Fsp3) is 0.167. The van der Waals surface area contributed by atoms with E-state index in [1.165, 1.54) is 16.3 Å². The van der Waals surface area contributed by atoms with E-state index in [4.69, 9.17) is 5.73 Å². The summed E-state index contributed by atoms with van der Waals surface area (Å²) in [5, 5.41) is 5.72. The average Bonchev–Trinajstić information content (AvgIpc) is 2.73. The molecule has 0 amide bonds. The van der Waals surface area contributed by atoms with E-state index in [1.807, 2.05) is 12.1 Å². The summed E-state index contributed by atoms with van der Waals surface area (Å²) in [6, 6.07) is 20.9. The van der Waals surface area contributed by atoms with Crippen molar-refractivity contribution in [3.8, 4) is 0 Å². The lowest BCUT2D eigenvalue weighted by atomic mass is 10.1. The Morgan fingerprint density at radius 1 is 0.966 bits per heavy atom. The van der Waals surface area contributed by atoms with Crippen LogP contribution in [-0.4, -0.2) is 16.5 Å². The van der Waals surface area contributed by atoms with Crippen LogP contribution < -0.4 is 16.0 Å². The number of fused-ring (bicyclic) bond motifs is 1. The average molecular weight is 383 g/mol. The Morgan fingerprint density at radius 3 is 2.55 bits per heavy atom. The van der Waals surface area contributed by atoms with Gasteiger partial charge in [0, 0.05) is 17.6 Å². The van der Waals surface area contributed by atoms with Gasteiger partial charge in [0.1, 0.15) is 12.0 Å². The molecule has 0 unspecified atom stereocenters. The Morgan fingerprint density at radius 2 is 1.76 bits per heavy atom. The molecule has 1 aromatic heterocycles. The third kappa shape index (κ3) is 3.59. The maximum atomic E-state index is 6.54. The van der Waals surface area contributed by atoms with E-state index in [0.29, 0.717) is 17.3 Å². The molecule has 4 rings (SSSR count). The van der Waals surface area contributed by atoms with Crippen LogP contribution in [0.4, 0.5) is 28.7 Å². The van der Waals surface area contributed by atoms with E-state index in [9.17, 15) is 0 Å². The summed E-state index contributed by atoms with van der Waals surface area (Å²) in [5.41, 5.74) is 11.5. The summed E-state index contributed by atoms with van der Waals surface area (Å²) in [7, 11) is 0. The molecule has 0 aliphatic heterocycles. The topological polar surface area (TPSA) is 67.1 Å². The largest absolute Gasteiger partial charge is 0.393 e. The van der Waals surface area contributed by atoms with E-state index in [0.717, 1.165) is 23.5 Å². The molecule has 4 aromatic rings. The molecule has 0 saturated heterocycles. The van der Waals surface area contributed by atoms with Gasteiger partial charge >= 0.3 is 0 Å². The lowest BCUT2D eigenvalue weighted by Gasteiger charge is -2.25. The van der Waals surface area contributed by atoms with Crippen molar-refractivity contribution in [2.24, 2.45) is 0 Å². The van der Waals surface area contributed by atoms with Gasteiger partial charge in [0.2, 0.25) is 0 Å². The first-order valence-electron chi connectivity index (χ1n) is 9.78. The Kier molecular flexibility index (Phi) is 5.04. The number of aryl methyl sites for hydroxylation is 2. The summed E-state index contributed by atoms with van der Waals surface area (Å²) in [4.78, 5) is 11.0. The number of aromatic nitrogens is 2. The molecular weight excluding hydrogens is 358 g/mol. The first-order valence-corrected chi connectivity index (χ1v) is 9.78. The molecule has 0 radical (unpaired) electrons. The molecule has 29 heavy (non-hydrogen) atoms. The fourth-order valence-corrected chi connectivity index (χ4v) is 3.66. The second-order valence-corrected chi connectivity index (χ2v) is 7.15. The van der Waals surface area contributed by atoms with Crippen LogP contribution in [0.25, 0.3) is 10.8 Å². The second kappa shape index (κ2) is 7.80. The zero-order valence-electron chi connectivity index (χ0n) is 17.0. The van der Waals surface area contributed by atoms with Crippen molar-refractivity contribution in [1.29, 1.82) is 0 Å². The van der Waals surface area contributed by atoms with Crippen LogP contribution in [-0.2, 0) is 0 Å². The van der Waals surface area contributed by atoms with Gasteiger partial charge in [-0.15, -0.1) is 0 Å². The van der Waals surface area contributed by atoms with Gasteiger partial charge in [-0.05, 0) is 43.9 Å². The van der Waals surface area contributed by atoms with Crippen molar-refractivity contribution in [1.82, 2.24) is 9.97 Å². The molecule has 0 spiro atoms. The van der Waals surface area contributed by atoms with Gasteiger partial charge in [-0.3, -0.25) is 0 Å². The molecule has 146 valence electrons. The third-order valence-electron chi connectivity index (χ3n) is 5.13. The minimum atomic E-state index is 0.530. The molecule has 0 aliphatic carbocycles. The number of rotatable bonds is 5. The minimum absolute atomic E-state index is 0.530. The molecule has 5 heteroatoms. The number of hydrogen-bond donors (Lipinski definition) is 2. The number of nitrogen functional groups attached to an aromatic ring is 1. The van der Waals surface area contributed by atoms with Gasteiger partial charge in [0.05, 0.1) is 5.69 Å². The zero-order valence-corrected chi connectivity index (χ0v) is 17.0. The predicted octanol–water partition coefficient (Wildman–Crippen LogP) is 5.73. The van der Waals surface area contributed by atoms with E-state index < -0.39 is 0 Å². The van der Waals surface area contributed by atoms with Crippen molar-refractivity contribution in [2.45, 2.75) is 20.8 Å². The highest BCUT2D eigenvalue weighted by Crippen LogP contribution is 2.36. The second-order valence-electron chi connectivity index (χ2n) is 7.15. The standard InChI is InChI=1S/C24H25N5/c1-4-29(21-11-7-9-18-8-5-6-10-19(18)21)24-22(25)23(26-15-27-24)28-20-13-12-16(2)14-17(20)3/h5-15H,4,25H2,1-3H3,(H,26,27,28). The summed E-state index contributed by atoms with van der Waals surface area (Å²) >= 11 is 0. The quantitative estimate of drug-likeness (QED) is 0.461. The highest BCUT2D eigenvalue weighted by molar-refractivity contribution is 5.97. The molecule has 1 heterocycles. The van der Waals surface area contributed by atoms with Crippen molar-refractivity contribution in [2.75, 3.05) is 22.5 Å². The van der Waals surface area contributed by atoms with E-state index in [-0.39, 0.29) is 0 Å². The molecule has 0 aliphatic rings. The predicted molar refractivity (Wildman–Crippen MR) is 122 cm³/mol. The van der Waals surface area contributed by atoms with Crippen LogP contribution in [0, 0.1) is 13.8 Å². The van der Waals surface area contributed by atoms with Gasteiger partial charge in [-0.1, -0.05) is 54.1 Å². The summed E-state index contributed by atoms with van der Waals surface area (Å²) in [5.74, 6) is 1.31. The minimum Gasteiger partial charge on any atom is -0.393 e. The van der Waals surface area contributed by atoms with Gasteiger partial charge in [-0.2, -0.15) is 0 Å². The summed E-state index contributed by atoms with van der Waals surface area (Å²) < 4.78 is 0. The first kappa shape index (κ1) is 18.7. The first-order chi connectivity index (χ1) is 14.1. The number of nitrogens with zero attached hydrogens (tertiary/aromatic N) is 3. The molecule has 0 saturated carbocycles. The maximum Gasteiger partial charge on any atom is 0.161 e. The Labute approximate surface area is 171 Å². The van der Waals surface area contributed by atoms with Crippen molar-refractivity contribution >= 4 is 39.5 Å². The number of anilines is 5. The number of hydrogen-bond acceptors (Lipinski definition) is 5. The number of benzene rings is 3. The third-order valence-corrected chi connectivity index (χ3v) is 5.13. The Bertz CT molecular complexity index is 1160. The van der Waals surface area contributed by atoms with Crippen LogP contribution in [0.1, 0.15) is 18.1 Å². The molecule has 0 atom stereocenters. The SMILES string of the molecule is CCN(c1ncnc(Nc2ccc(C)cc2C)c1N)c1cccc2ccccc12. The Balaban J connectivity index is 1.77. The van der Waals surface area contributed by atoms with Crippen LogP contribution in [0.15, 0.2) is 67.0 Å². The van der Waals surface area contributed by atoms with Gasteiger partial charge in [0.25, 0.3) is 0 Å². The van der Waals surface area contributed by atoms with E-state index in [1.54, 1.807) is 6.33 Å². The van der Waals surface area contributed by atoms with E-state index >= 15 is 0 Å². The fourth-order valence-electron chi connectivity index (χ4n) is 3.66. The molecule has 0 fully saturated rings. The number of nitrogens with one attached hydrogen (secondary N) is 1. The molecular formula is C24H25N5. The lowest BCUT2D eigenvalue weighted by Crippen LogP contribution is -2.20. The monoisotopic (exact) mass is 383 g/mol. The Hall–Kier alpha value is -3.60. The number of nitrogens with two attached hydrogens (primary N) is 1. The normalized spacial score (nSPS) is 10.9. The molecule has 5 nitrogen and oxygen atoms in total. The van der Waals surface area contributed by atoms with Crippen molar-refractivity contribution in [3.05, 3.63) is 78.1 Å². The zero-order chi connectivity index (χ0) is 20.4. The van der Waals surface area contributed by atoms with Crippen molar-refractivity contribution in [3.63, 3.8) is 0 Å². The summed E-state index contributed by atoms with van der Waals surface area (Å²) in [6.45, 7) is 6.98. The van der Waals surface area contributed by atoms with Crippen LogP contribution >= 0.6 is 0 Å². The summed E-state index contributed by atoms with van der Waals surface area (Å²) in [6.07, 6.45) is 1.56.